The van der Waals surface area contributed by atoms with Crippen molar-refractivity contribution in [3.63, 3.8) is 0 Å². The highest BCUT2D eigenvalue weighted by atomic mass is 35.5. The van der Waals surface area contributed by atoms with Gasteiger partial charge in [0.1, 0.15) is 5.60 Å². The molecule has 2 heterocycles. The molecule has 0 radical (unpaired) electrons. The molecule has 170 valence electrons. The summed E-state index contributed by atoms with van der Waals surface area (Å²) in [5, 5.41) is 1.32. The number of carbonyl (C=O) groups is 1. The average Bonchev–Trinajstić information content (AvgIpc) is 3.18. The van der Waals surface area contributed by atoms with E-state index in [-0.39, 0.29) is 11.0 Å². The summed E-state index contributed by atoms with van der Waals surface area (Å²) in [6, 6.07) is 13.6. The number of halogens is 1. The Balaban J connectivity index is 1.58. The Labute approximate surface area is 193 Å². The maximum atomic E-state index is 13.2. The number of carbonyl (C=O) groups excluding carboxylic acids is 1. The van der Waals surface area contributed by atoms with Gasteiger partial charge in [-0.3, -0.25) is 0 Å². The van der Waals surface area contributed by atoms with Gasteiger partial charge in [0.25, 0.3) is 10.0 Å². The third kappa shape index (κ3) is 4.42. The second-order valence-corrected chi connectivity index (χ2v) is 11.0. The predicted octanol–water partition coefficient (Wildman–Crippen LogP) is 4.59. The van der Waals surface area contributed by atoms with Crippen LogP contribution in [0, 0.1) is 0 Å². The minimum Gasteiger partial charge on any atom is -0.444 e. The summed E-state index contributed by atoms with van der Waals surface area (Å²) >= 11 is 5.91. The molecule has 1 aromatic heterocycles. The quantitative estimate of drug-likeness (QED) is 0.554. The molecule has 1 amide bonds. The lowest BCUT2D eigenvalue weighted by Gasteiger charge is -2.37. The van der Waals surface area contributed by atoms with Gasteiger partial charge < -0.3 is 14.5 Å². The van der Waals surface area contributed by atoms with Crippen molar-refractivity contribution in [1.29, 1.82) is 0 Å². The number of hydrogen-bond donors (Lipinski definition) is 0. The molecule has 0 N–H and O–H groups in total. The van der Waals surface area contributed by atoms with Crippen molar-refractivity contribution in [1.82, 2.24) is 8.87 Å². The van der Waals surface area contributed by atoms with Gasteiger partial charge in [0.05, 0.1) is 10.4 Å². The fourth-order valence-electron chi connectivity index (χ4n) is 3.79. The van der Waals surface area contributed by atoms with Crippen molar-refractivity contribution < 1.29 is 17.9 Å². The number of piperazine rings is 1. The number of benzene rings is 2. The van der Waals surface area contributed by atoms with Gasteiger partial charge in [-0.2, -0.15) is 0 Å². The van der Waals surface area contributed by atoms with Crippen LogP contribution in [0.1, 0.15) is 20.8 Å². The third-order valence-corrected chi connectivity index (χ3v) is 7.27. The first-order valence-electron chi connectivity index (χ1n) is 10.4. The van der Waals surface area contributed by atoms with Crippen molar-refractivity contribution in [2.75, 3.05) is 31.1 Å². The lowest BCUT2D eigenvalue weighted by molar-refractivity contribution is 0.0240. The predicted molar refractivity (Wildman–Crippen MR) is 126 cm³/mol. The van der Waals surface area contributed by atoms with Crippen LogP contribution in [0.2, 0.25) is 5.02 Å². The molecular formula is C23H26ClN3O4S. The van der Waals surface area contributed by atoms with E-state index in [0.717, 1.165) is 11.1 Å². The van der Waals surface area contributed by atoms with Crippen LogP contribution in [0.25, 0.3) is 10.9 Å². The lowest BCUT2D eigenvalue weighted by atomic mass is 10.1. The summed E-state index contributed by atoms with van der Waals surface area (Å²) in [5.41, 5.74) is 1.02. The van der Waals surface area contributed by atoms with Gasteiger partial charge >= 0.3 is 6.09 Å². The molecule has 4 rings (SSSR count). The summed E-state index contributed by atoms with van der Waals surface area (Å²) in [6.07, 6.45) is 1.27. The Morgan fingerprint density at radius 3 is 2.25 bits per heavy atom. The molecule has 1 saturated heterocycles. The molecule has 32 heavy (non-hydrogen) atoms. The Morgan fingerprint density at radius 1 is 0.969 bits per heavy atom. The minimum absolute atomic E-state index is 0.177. The Hall–Kier alpha value is -2.71. The number of nitrogens with zero attached hydrogens (tertiary/aromatic N) is 3. The second-order valence-electron chi connectivity index (χ2n) is 8.73. The summed E-state index contributed by atoms with van der Waals surface area (Å²) in [6.45, 7) is 7.89. The van der Waals surface area contributed by atoms with E-state index in [1.165, 1.54) is 16.1 Å². The molecule has 2 aromatic carbocycles. The zero-order valence-electron chi connectivity index (χ0n) is 18.3. The van der Waals surface area contributed by atoms with Gasteiger partial charge in [0, 0.05) is 48.5 Å². The SMILES string of the molecule is CC(C)(C)OC(=O)N1CCN(c2cccc3c2ccn3S(=O)(=O)c2ccc(Cl)cc2)CC1. The highest BCUT2D eigenvalue weighted by Gasteiger charge is 2.27. The van der Waals surface area contributed by atoms with Crippen LogP contribution in [0.15, 0.2) is 59.6 Å². The van der Waals surface area contributed by atoms with Gasteiger partial charge in [-0.1, -0.05) is 17.7 Å². The van der Waals surface area contributed by atoms with Crippen LogP contribution in [-0.2, 0) is 14.8 Å². The molecule has 0 spiro atoms. The molecule has 0 saturated carbocycles. The zero-order valence-corrected chi connectivity index (χ0v) is 19.9. The summed E-state index contributed by atoms with van der Waals surface area (Å²) in [7, 11) is -3.75. The molecule has 1 aliphatic heterocycles. The standard InChI is InChI=1S/C23H26ClN3O4S/c1-23(2,3)31-22(28)26-15-13-25(14-16-26)20-5-4-6-21-19(20)11-12-27(21)32(29,30)18-9-7-17(24)8-10-18/h4-12H,13-16H2,1-3H3. The van der Waals surface area contributed by atoms with E-state index >= 15 is 0 Å². The van der Waals surface area contributed by atoms with Crippen LogP contribution in [0.4, 0.5) is 10.5 Å². The number of amides is 1. The Kier molecular flexibility index (Phi) is 5.85. The fraction of sp³-hybridized carbons (Fsp3) is 0.348. The number of ether oxygens (including phenoxy) is 1. The van der Waals surface area contributed by atoms with E-state index in [1.807, 2.05) is 39.0 Å². The highest BCUT2D eigenvalue weighted by Crippen LogP contribution is 2.31. The van der Waals surface area contributed by atoms with Gasteiger partial charge in [-0.05, 0) is 63.2 Å². The molecule has 1 aliphatic rings. The maximum absolute atomic E-state index is 13.2. The molecule has 3 aromatic rings. The van der Waals surface area contributed by atoms with Crippen molar-refractivity contribution in [3.8, 4) is 0 Å². The third-order valence-electron chi connectivity index (χ3n) is 5.32. The Bertz CT molecular complexity index is 1240. The van der Waals surface area contributed by atoms with Crippen molar-refractivity contribution >= 4 is 44.3 Å². The second kappa shape index (κ2) is 8.33. The lowest BCUT2D eigenvalue weighted by Crippen LogP contribution is -2.50. The average molecular weight is 476 g/mol. The van der Waals surface area contributed by atoms with Gasteiger partial charge in [0.2, 0.25) is 0 Å². The van der Waals surface area contributed by atoms with Gasteiger partial charge in [-0.25, -0.2) is 17.2 Å². The van der Waals surface area contributed by atoms with E-state index in [4.69, 9.17) is 16.3 Å². The number of aromatic nitrogens is 1. The highest BCUT2D eigenvalue weighted by molar-refractivity contribution is 7.90. The maximum Gasteiger partial charge on any atom is 0.410 e. The van der Waals surface area contributed by atoms with E-state index in [2.05, 4.69) is 4.90 Å². The summed E-state index contributed by atoms with van der Waals surface area (Å²) in [4.78, 5) is 16.4. The molecule has 0 aliphatic carbocycles. The molecule has 7 nitrogen and oxygen atoms in total. The first-order chi connectivity index (χ1) is 15.1. The number of fused-ring (bicyclic) bond motifs is 1. The van der Waals surface area contributed by atoms with Gasteiger partial charge in [0.15, 0.2) is 0 Å². The largest absolute Gasteiger partial charge is 0.444 e. The van der Waals surface area contributed by atoms with E-state index in [1.54, 1.807) is 29.3 Å². The first-order valence-corrected chi connectivity index (χ1v) is 12.2. The zero-order chi connectivity index (χ0) is 23.1. The van der Waals surface area contributed by atoms with E-state index < -0.39 is 15.6 Å². The van der Waals surface area contributed by atoms with Crippen molar-refractivity contribution in [2.24, 2.45) is 0 Å². The van der Waals surface area contributed by atoms with Crippen LogP contribution >= 0.6 is 11.6 Å². The molecule has 1 fully saturated rings. The van der Waals surface area contributed by atoms with E-state index in [9.17, 15) is 13.2 Å². The van der Waals surface area contributed by atoms with E-state index in [0.29, 0.717) is 36.7 Å². The molecule has 0 unspecified atom stereocenters. The molecule has 9 heteroatoms. The fourth-order valence-corrected chi connectivity index (χ4v) is 5.26. The topological polar surface area (TPSA) is 71.8 Å². The van der Waals surface area contributed by atoms with Gasteiger partial charge in [-0.15, -0.1) is 0 Å². The van der Waals surface area contributed by atoms with Crippen molar-refractivity contribution in [3.05, 3.63) is 59.8 Å². The van der Waals surface area contributed by atoms with Crippen LogP contribution in [-0.4, -0.2) is 55.2 Å². The Morgan fingerprint density at radius 2 is 1.62 bits per heavy atom. The number of anilines is 1. The van der Waals surface area contributed by atoms with Crippen LogP contribution in [0.5, 0.6) is 0 Å². The first kappa shape index (κ1) is 22.5. The summed E-state index contributed by atoms with van der Waals surface area (Å²) < 4.78 is 33.1. The van der Waals surface area contributed by atoms with Crippen LogP contribution in [0.3, 0.4) is 0 Å². The monoisotopic (exact) mass is 475 g/mol. The number of hydrogen-bond acceptors (Lipinski definition) is 5. The number of rotatable bonds is 3. The molecular weight excluding hydrogens is 450 g/mol. The molecule has 0 bridgehead atoms. The normalized spacial score (nSPS) is 15.2. The van der Waals surface area contributed by atoms with Crippen LogP contribution < -0.4 is 4.90 Å². The smallest absolute Gasteiger partial charge is 0.410 e. The van der Waals surface area contributed by atoms with Crippen molar-refractivity contribution in [2.45, 2.75) is 31.3 Å². The molecule has 0 atom stereocenters. The minimum atomic E-state index is -3.75. The summed E-state index contributed by atoms with van der Waals surface area (Å²) in [5.74, 6) is 0.